The van der Waals surface area contributed by atoms with Gasteiger partial charge in [0.2, 0.25) is 0 Å². The summed E-state index contributed by atoms with van der Waals surface area (Å²) in [5, 5.41) is 11.4. The number of aliphatic carboxylic acids is 1. The van der Waals surface area contributed by atoms with Crippen LogP contribution in [-0.4, -0.2) is 66.9 Å². The Morgan fingerprint density at radius 1 is 1.57 bits per heavy atom. The molecule has 118 valence electrons. The molecule has 2 N–H and O–H groups in total. The molecule has 1 saturated heterocycles. The molecule has 2 unspecified atom stereocenters. The van der Waals surface area contributed by atoms with E-state index in [-0.39, 0.29) is 26.0 Å². The number of urea groups is 1. The Kier molecular flexibility index (Phi) is 6.67. The van der Waals surface area contributed by atoms with Gasteiger partial charge in [0.1, 0.15) is 6.04 Å². The van der Waals surface area contributed by atoms with Gasteiger partial charge in [-0.25, -0.2) is 9.59 Å². The first-order valence-electron chi connectivity index (χ1n) is 6.55. The zero-order valence-corrected chi connectivity index (χ0v) is 11.9. The molecule has 1 aliphatic rings. The summed E-state index contributed by atoms with van der Waals surface area (Å²) in [4.78, 5) is 35.6. The summed E-state index contributed by atoms with van der Waals surface area (Å²) >= 11 is 0. The van der Waals surface area contributed by atoms with Gasteiger partial charge >= 0.3 is 18.0 Å². The van der Waals surface area contributed by atoms with E-state index in [4.69, 9.17) is 9.84 Å². The third kappa shape index (κ3) is 5.42. The zero-order chi connectivity index (χ0) is 15.8. The Hall–Kier alpha value is -2.09. The van der Waals surface area contributed by atoms with Crippen molar-refractivity contribution in [2.75, 3.05) is 26.8 Å². The Labute approximate surface area is 122 Å². The van der Waals surface area contributed by atoms with E-state index in [9.17, 15) is 14.4 Å². The van der Waals surface area contributed by atoms with Crippen LogP contribution in [0, 0.1) is 0 Å². The first-order valence-corrected chi connectivity index (χ1v) is 6.55. The third-order valence-corrected chi connectivity index (χ3v) is 3.05. The summed E-state index contributed by atoms with van der Waals surface area (Å²) in [6, 6.07) is -1.51. The van der Waals surface area contributed by atoms with Crippen LogP contribution in [-0.2, 0) is 19.1 Å². The number of amides is 2. The van der Waals surface area contributed by atoms with Crippen LogP contribution in [0.3, 0.4) is 0 Å². The van der Waals surface area contributed by atoms with Gasteiger partial charge in [-0.15, -0.1) is 6.58 Å². The monoisotopic (exact) mass is 300 g/mol. The number of esters is 1. The largest absolute Gasteiger partial charge is 0.480 e. The van der Waals surface area contributed by atoms with Crippen molar-refractivity contribution in [2.45, 2.75) is 25.0 Å². The highest BCUT2D eigenvalue weighted by Crippen LogP contribution is 2.10. The number of carboxylic acids is 1. The first-order chi connectivity index (χ1) is 9.97. The fourth-order valence-electron chi connectivity index (χ4n) is 1.93. The highest BCUT2D eigenvalue weighted by Gasteiger charge is 2.28. The van der Waals surface area contributed by atoms with Crippen LogP contribution in [0.5, 0.6) is 0 Å². The summed E-state index contributed by atoms with van der Waals surface area (Å²) in [5.74, 6) is -1.54. The number of ether oxygens (including phenoxy) is 2. The molecule has 0 saturated carbocycles. The molecule has 0 aromatic rings. The lowest BCUT2D eigenvalue weighted by atomic mass is 10.2. The summed E-state index contributed by atoms with van der Waals surface area (Å²) in [7, 11) is 1.28. The van der Waals surface area contributed by atoms with Gasteiger partial charge in [0.15, 0.2) is 0 Å². The standard InChI is InChI=1S/C13H20N2O6/c1-3-4-10(12(17)18)14-13(19)15-5-6-21-9(8-15)7-11(16)20-2/h3,9-10H,1,4-8H2,2H3,(H,14,19)(H,17,18). The number of nitrogens with one attached hydrogen (secondary N) is 1. The molecule has 8 heteroatoms. The second-order valence-corrected chi connectivity index (χ2v) is 4.58. The smallest absolute Gasteiger partial charge is 0.326 e. The van der Waals surface area contributed by atoms with Crippen molar-refractivity contribution in [1.29, 1.82) is 0 Å². The average molecular weight is 300 g/mol. The van der Waals surface area contributed by atoms with Crippen LogP contribution >= 0.6 is 0 Å². The van der Waals surface area contributed by atoms with E-state index < -0.39 is 30.1 Å². The fourth-order valence-corrected chi connectivity index (χ4v) is 1.93. The zero-order valence-electron chi connectivity index (χ0n) is 11.9. The molecule has 2 amide bonds. The molecule has 1 fully saturated rings. The van der Waals surface area contributed by atoms with Crippen molar-refractivity contribution in [3.05, 3.63) is 12.7 Å². The molecule has 0 aromatic heterocycles. The second kappa shape index (κ2) is 8.25. The average Bonchev–Trinajstić information content (AvgIpc) is 2.46. The van der Waals surface area contributed by atoms with Gasteiger partial charge in [0, 0.05) is 13.1 Å². The number of nitrogens with zero attached hydrogens (tertiary/aromatic N) is 1. The number of hydrogen-bond acceptors (Lipinski definition) is 5. The molecule has 0 spiro atoms. The van der Waals surface area contributed by atoms with Gasteiger partial charge in [0.25, 0.3) is 0 Å². The van der Waals surface area contributed by atoms with Crippen LogP contribution in [0.25, 0.3) is 0 Å². The van der Waals surface area contributed by atoms with E-state index >= 15 is 0 Å². The number of carbonyl (C=O) groups excluding carboxylic acids is 2. The number of morpholine rings is 1. The summed E-state index contributed by atoms with van der Waals surface area (Å²) in [6.45, 7) is 4.29. The van der Waals surface area contributed by atoms with E-state index in [1.54, 1.807) is 0 Å². The van der Waals surface area contributed by atoms with Crippen molar-refractivity contribution in [2.24, 2.45) is 0 Å². The van der Waals surface area contributed by atoms with E-state index in [0.717, 1.165) is 0 Å². The number of carboxylic acid groups (broad SMARTS) is 1. The van der Waals surface area contributed by atoms with Gasteiger partial charge in [-0.3, -0.25) is 4.79 Å². The Balaban J connectivity index is 2.54. The Bertz CT molecular complexity index is 411. The number of hydrogen-bond donors (Lipinski definition) is 2. The summed E-state index contributed by atoms with van der Waals surface area (Å²) in [6.07, 6.45) is 1.17. The van der Waals surface area contributed by atoms with E-state index in [2.05, 4.69) is 16.6 Å². The second-order valence-electron chi connectivity index (χ2n) is 4.58. The first kappa shape index (κ1) is 17.0. The molecular formula is C13H20N2O6. The molecular weight excluding hydrogens is 280 g/mol. The lowest BCUT2D eigenvalue weighted by molar-refractivity contribution is -0.145. The van der Waals surface area contributed by atoms with E-state index in [1.807, 2.05) is 0 Å². The van der Waals surface area contributed by atoms with E-state index in [0.29, 0.717) is 6.54 Å². The predicted molar refractivity (Wildman–Crippen MR) is 72.7 cm³/mol. The fraction of sp³-hybridized carbons (Fsp3) is 0.615. The Morgan fingerprint density at radius 2 is 2.29 bits per heavy atom. The van der Waals surface area contributed by atoms with Crippen molar-refractivity contribution >= 4 is 18.0 Å². The summed E-state index contributed by atoms with van der Waals surface area (Å²) in [5.41, 5.74) is 0. The molecule has 0 radical (unpaired) electrons. The van der Waals surface area contributed by atoms with Gasteiger partial charge < -0.3 is 24.8 Å². The Morgan fingerprint density at radius 3 is 2.86 bits per heavy atom. The van der Waals surface area contributed by atoms with Gasteiger partial charge in [-0.05, 0) is 6.42 Å². The molecule has 1 aliphatic heterocycles. The van der Waals surface area contributed by atoms with Crippen LogP contribution in [0.2, 0.25) is 0 Å². The highest BCUT2D eigenvalue weighted by atomic mass is 16.5. The number of methoxy groups -OCH3 is 1. The SMILES string of the molecule is C=CCC(NC(=O)N1CCOC(CC(=O)OC)C1)C(=O)O. The van der Waals surface area contributed by atoms with E-state index in [1.165, 1.54) is 18.1 Å². The maximum atomic E-state index is 12.0. The van der Waals surface area contributed by atoms with Crippen molar-refractivity contribution in [1.82, 2.24) is 10.2 Å². The van der Waals surface area contributed by atoms with Crippen molar-refractivity contribution in [3.63, 3.8) is 0 Å². The molecule has 21 heavy (non-hydrogen) atoms. The van der Waals surface area contributed by atoms with Gasteiger partial charge in [-0.2, -0.15) is 0 Å². The molecule has 0 bridgehead atoms. The van der Waals surface area contributed by atoms with Gasteiger partial charge in [0.05, 0.1) is 26.2 Å². The van der Waals surface area contributed by atoms with Crippen LogP contribution in [0.4, 0.5) is 4.79 Å². The molecule has 0 aromatic carbocycles. The lowest BCUT2D eigenvalue weighted by Crippen LogP contribution is -2.53. The minimum absolute atomic E-state index is 0.0509. The number of rotatable bonds is 6. The molecule has 1 rings (SSSR count). The maximum absolute atomic E-state index is 12.0. The molecule has 8 nitrogen and oxygen atoms in total. The normalized spacial score (nSPS) is 19.5. The minimum Gasteiger partial charge on any atom is -0.480 e. The predicted octanol–water partition coefficient (Wildman–Crippen LogP) is -0.0108. The highest BCUT2D eigenvalue weighted by molar-refractivity contribution is 5.82. The van der Waals surface area contributed by atoms with Crippen LogP contribution in [0.15, 0.2) is 12.7 Å². The van der Waals surface area contributed by atoms with Crippen LogP contribution in [0.1, 0.15) is 12.8 Å². The quantitative estimate of drug-likeness (QED) is 0.528. The third-order valence-electron chi connectivity index (χ3n) is 3.05. The lowest BCUT2D eigenvalue weighted by Gasteiger charge is -2.33. The topological polar surface area (TPSA) is 105 Å². The van der Waals surface area contributed by atoms with Crippen LogP contribution < -0.4 is 5.32 Å². The molecule has 1 heterocycles. The van der Waals surface area contributed by atoms with Gasteiger partial charge in [-0.1, -0.05) is 6.08 Å². The molecule has 2 atom stereocenters. The summed E-state index contributed by atoms with van der Waals surface area (Å²) < 4.78 is 9.93. The molecule has 0 aliphatic carbocycles. The minimum atomic E-state index is -1.12. The van der Waals surface area contributed by atoms with Crippen molar-refractivity contribution in [3.8, 4) is 0 Å². The maximum Gasteiger partial charge on any atom is 0.326 e. The van der Waals surface area contributed by atoms with Crippen molar-refractivity contribution < 1.29 is 29.0 Å². The number of carbonyl (C=O) groups is 3.